The Labute approximate surface area is 120 Å². The molecule has 0 aromatic heterocycles. The third kappa shape index (κ3) is 11.4. The SMILES string of the molecule is CC(C)C(=O)OCC(CO[Si](C)(C)C)O[Si](C)(C)C. The Balaban J connectivity index is 4.38. The van der Waals surface area contributed by atoms with Crippen LogP contribution in [-0.2, 0) is 18.4 Å². The summed E-state index contributed by atoms with van der Waals surface area (Å²) in [6.07, 6.45) is -0.152. The molecule has 0 saturated carbocycles. The van der Waals surface area contributed by atoms with E-state index in [0.29, 0.717) is 6.61 Å². The van der Waals surface area contributed by atoms with Gasteiger partial charge in [0.15, 0.2) is 16.6 Å². The monoisotopic (exact) mass is 306 g/mol. The molecular formula is C13H30O4Si2. The van der Waals surface area contributed by atoms with E-state index in [9.17, 15) is 4.79 Å². The molecule has 4 nitrogen and oxygen atoms in total. The fourth-order valence-electron chi connectivity index (χ4n) is 1.30. The summed E-state index contributed by atoms with van der Waals surface area (Å²) in [5.74, 6) is -0.289. The predicted molar refractivity (Wildman–Crippen MR) is 83.3 cm³/mol. The minimum Gasteiger partial charge on any atom is -0.463 e. The highest BCUT2D eigenvalue weighted by Crippen LogP contribution is 2.12. The van der Waals surface area contributed by atoms with Gasteiger partial charge in [0, 0.05) is 0 Å². The first-order valence-electron chi connectivity index (χ1n) is 6.89. The van der Waals surface area contributed by atoms with Crippen LogP contribution in [0.25, 0.3) is 0 Å². The van der Waals surface area contributed by atoms with Gasteiger partial charge in [0.1, 0.15) is 12.7 Å². The quantitative estimate of drug-likeness (QED) is 0.510. The van der Waals surface area contributed by atoms with Crippen molar-refractivity contribution in [3.05, 3.63) is 0 Å². The van der Waals surface area contributed by atoms with Crippen molar-refractivity contribution in [2.75, 3.05) is 13.2 Å². The van der Waals surface area contributed by atoms with Crippen LogP contribution in [0.4, 0.5) is 0 Å². The highest BCUT2D eigenvalue weighted by molar-refractivity contribution is 6.70. The molecule has 0 saturated heterocycles. The Morgan fingerprint density at radius 2 is 1.47 bits per heavy atom. The van der Waals surface area contributed by atoms with Crippen LogP contribution in [0, 0.1) is 5.92 Å². The lowest BCUT2D eigenvalue weighted by Gasteiger charge is -2.28. The van der Waals surface area contributed by atoms with Gasteiger partial charge in [-0.1, -0.05) is 13.8 Å². The van der Waals surface area contributed by atoms with Crippen LogP contribution >= 0.6 is 0 Å². The summed E-state index contributed by atoms with van der Waals surface area (Å²) >= 11 is 0. The molecule has 0 fully saturated rings. The molecule has 0 aromatic carbocycles. The van der Waals surface area contributed by atoms with Crippen molar-refractivity contribution in [1.82, 2.24) is 0 Å². The van der Waals surface area contributed by atoms with Gasteiger partial charge in [-0.25, -0.2) is 0 Å². The van der Waals surface area contributed by atoms with Crippen molar-refractivity contribution in [3.8, 4) is 0 Å². The maximum absolute atomic E-state index is 11.5. The summed E-state index contributed by atoms with van der Waals surface area (Å²) < 4.78 is 17.2. The summed E-state index contributed by atoms with van der Waals surface area (Å²) in [6, 6.07) is 0. The summed E-state index contributed by atoms with van der Waals surface area (Å²) in [5, 5.41) is 0. The highest BCUT2D eigenvalue weighted by atomic mass is 28.4. The second-order valence-corrected chi connectivity index (χ2v) is 16.0. The summed E-state index contributed by atoms with van der Waals surface area (Å²) in [5.41, 5.74) is 0. The molecule has 0 aliphatic heterocycles. The molecule has 6 heteroatoms. The minimum absolute atomic E-state index is 0.106. The molecule has 0 bridgehead atoms. The van der Waals surface area contributed by atoms with E-state index in [1.54, 1.807) is 0 Å². The number of hydrogen-bond acceptors (Lipinski definition) is 4. The molecule has 0 amide bonds. The summed E-state index contributed by atoms with van der Waals surface area (Å²) in [4.78, 5) is 11.5. The molecular weight excluding hydrogens is 276 g/mol. The van der Waals surface area contributed by atoms with Gasteiger partial charge in [0.25, 0.3) is 0 Å². The first-order chi connectivity index (χ1) is 8.41. The predicted octanol–water partition coefficient (Wildman–Crippen LogP) is 3.26. The first-order valence-corrected chi connectivity index (χ1v) is 13.7. The van der Waals surface area contributed by atoms with Gasteiger partial charge in [-0.3, -0.25) is 4.79 Å². The largest absolute Gasteiger partial charge is 0.463 e. The molecule has 0 radical (unpaired) electrons. The van der Waals surface area contributed by atoms with Crippen LogP contribution in [0.5, 0.6) is 0 Å². The minimum atomic E-state index is -1.67. The second kappa shape index (κ2) is 7.56. The topological polar surface area (TPSA) is 44.8 Å². The van der Waals surface area contributed by atoms with Crippen LogP contribution in [0.15, 0.2) is 0 Å². The highest BCUT2D eigenvalue weighted by Gasteiger charge is 2.25. The van der Waals surface area contributed by atoms with Crippen molar-refractivity contribution in [2.24, 2.45) is 5.92 Å². The number of esters is 1. The zero-order valence-corrected chi connectivity index (χ0v) is 15.7. The van der Waals surface area contributed by atoms with Crippen molar-refractivity contribution in [2.45, 2.75) is 59.2 Å². The zero-order chi connectivity index (χ0) is 15.3. The lowest BCUT2D eigenvalue weighted by molar-refractivity contribution is -0.150. The fourth-order valence-corrected chi connectivity index (χ4v) is 3.12. The molecule has 0 N–H and O–H groups in total. The van der Waals surface area contributed by atoms with Crippen LogP contribution in [0.2, 0.25) is 39.3 Å². The molecule has 0 heterocycles. The lowest BCUT2D eigenvalue weighted by Crippen LogP contribution is -2.40. The average molecular weight is 307 g/mol. The summed E-state index contributed by atoms with van der Waals surface area (Å²) in [7, 11) is -3.25. The number of carbonyl (C=O) groups is 1. The Morgan fingerprint density at radius 3 is 1.84 bits per heavy atom. The maximum Gasteiger partial charge on any atom is 0.308 e. The van der Waals surface area contributed by atoms with Gasteiger partial charge >= 0.3 is 5.97 Å². The number of hydrogen-bond donors (Lipinski definition) is 0. The van der Waals surface area contributed by atoms with Gasteiger partial charge < -0.3 is 13.6 Å². The van der Waals surface area contributed by atoms with E-state index < -0.39 is 16.6 Å². The van der Waals surface area contributed by atoms with Crippen molar-refractivity contribution in [3.63, 3.8) is 0 Å². The average Bonchev–Trinajstić information content (AvgIpc) is 2.18. The number of ether oxygens (including phenoxy) is 1. The number of carbonyl (C=O) groups excluding carboxylic acids is 1. The maximum atomic E-state index is 11.5. The Morgan fingerprint density at radius 1 is 0.947 bits per heavy atom. The van der Waals surface area contributed by atoms with Crippen molar-refractivity contribution >= 4 is 22.6 Å². The van der Waals surface area contributed by atoms with Crippen LogP contribution in [0.3, 0.4) is 0 Å². The van der Waals surface area contributed by atoms with E-state index in [1.807, 2.05) is 13.8 Å². The van der Waals surface area contributed by atoms with Crippen LogP contribution in [0.1, 0.15) is 13.8 Å². The smallest absolute Gasteiger partial charge is 0.308 e. The van der Waals surface area contributed by atoms with Crippen molar-refractivity contribution in [1.29, 1.82) is 0 Å². The molecule has 0 aliphatic carbocycles. The summed E-state index contributed by atoms with van der Waals surface area (Å²) in [6.45, 7) is 17.2. The molecule has 1 atom stereocenters. The molecule has 1 unspecified atom stereocenters. The molecule has 0 aromatic rings. The first kappa shape index (κ1) is 18.8. The zero-order valence-electron chi connectivity index (χ0n) is 13.7. The fraction of sp³-hybridized carbons (Fsp3) is 0.923. The third-order valence-corrected chi connectivity index (χ3v) is 4.18. The van der Waals surface area contributed by atoms with E-state index in [-0.39, 0.29) is 24.6 Å². The second-order valence-electron chi connectivity index (χ2n) is 7.06. The Bertz CT molecular complexity index is 279. The van der Waals surface area contributed by atoms with Gasteiger partial charge in [0.2, 0.25) is 0 Å². The molecule has 114 valence electrons. The van der Waals surface area contributed by atoms with E-state index in [2.05, 4.69) is 39.3 Å². The third-order valence-electron chi connectivity index (χ3n) is 2.11. The lowest BCUT2D eigenvalue weighted by atomic mass is 10.2. The van der Waals surface area contributed by atoms with Crippen LogP contribution < -0.4 is 0 Å². The van der Waals surface area contributed by atoms with E-state index in [4.69, 9.17) is 13.6 Å². The van der Waals surface area contributed by atoms with E-state index in [0.717, 1.165) is 0 Å². The Kier molecular flexibility index (Phi) is 7.49. The molecule has 0 aliphatic rings. The Hall–Kier alpha value is -0.176. The van der Waals surface area contributed by atoms with Gasteiger partial charge in [0.05, 0.1) is 12.5 Å². The van der Waals surface area contributed by atoms with Crippen LogP contribution in [-0.4, -0.2) is 41.9 Å². The molecule has 19 heavy (non-hydrogen) atoms. The molecule has 0 rings (SSSR count). The van der Waals surface area contributed by atoms with Gasteiger partial charge in [-0.05, 0) is 39.3 Å². The van der Waals surface area contributed by atoms with Gasteiger partial charge in [-0.15, -0.1) is 0 Å². The van der Waals surface area contributed by atoms with Gasteiger partial charge in [-0.2, -0.15) is 0 Å². The number of rotatable bonds is 8. The van der Waals surface area contributed by atoms with E-state index >= 15 is 0 Å². The van der Waals surface area contributed by atoms with E-state index in [1.165, 1.54) is 0 Å². The normalized spacial score (nSPS) is 14.6. The standard InChI is InChI=1S/C13H30O4Si2/c1-11(2)13(14)15-9-12(17-19(6,7)8)10-16-18(3,4)5/h11-12H,9-10H2,1-8H3. The molecule has 0 spiro atoms. The van der Waals surface area contributed by atoms with Crippen molar-refractivity contribution < 1.29 is 18.4 Å².